The number of nitro benzene ring substituents is 1. The lowest BCUT2D eigenvalue weighted by Crippen LogP contribution is -2.16. The van der Waals surface area contributed by atoms with Crippen LogP contribution in [0.3, 0.4) is 0 Å². The molecule has 1 aliphatic carbocycles. The lowest BCUT2D eigenvalue weighted by Gasteiger charge is -2.14. The van der Waals surface area contributed by atoms with E-state index in [1.807, 2.05) is 0 Å². The van der Waals surface area contributed by atoms with Crippen molar-refractivity contribution in [1.82, 2.24) is 0 Å². The van der Waals surface area contributed by atoms with Gasteiger partial charge >= 0.3 is 0 Å². The lowest BCUT2D eigenvalue weighted by molar-refractivity contribution is -0.384. The summed E-state index contributed by atoms with van der Waals surface area (Å²) >= 11 is 5.77. The minimum absolute atomic E-state index is 0.0528. The molecule has 0 spiro atoms. The van der Waals surface area contributed by atoms with Crippen LogP contribution in [0.15, 0.2) is 18.2 Å². The molecule has 92 valence electrons. The fraction of sp³-hybridized carbons (Fsp3) is 0.500. The second-order valence-corrected chi connectivity index (χ2v) is 5.11. The summed E-state index contributed by atoms with van der Waals surface area (Å²) < 4.78 is 0. The topological polar surface area (TPSA) is 55.2 Å². The number of rotatable bonds is 3. The van der Waals surface area contributed by atoms with Gasteiger partial charge in [0.15, 0.2) is 0 Å². The van der Waals surface area contributed by atoms with E-state index in [0.29, 0.717) is 22.7 Å². The van der Waals surface area contributed by atoms with Crippen molar-refractivity contribution in [3.05, 3.63) is 33.3 Å². The van der Waals surface area contributed by atoms with Gasteiger partial charge in [0.25, 0.3) is 5.69 Å². The molecule has 2 rings (SSSR count). The Labute approximate surface area is 105 Å². The lowest BCUT2D eigenvalue weighted by atomic mass is 10.1. The average Bonchev–Trinajstić information content (AvgIpc) is 2.66. The zero-order valence-corrected chi connectivity index (χ0v) is 10.4. The number of nitro groups is 1. The van der Waals surface area contributed by atoms with Gasteiger partial charge in [0, 0.05) is 17.1 Å². The molecule has 0 amide bonds. The van der Waals surface area contributed by atoms with Crippen LogP contribution in [0.1, 0.15) is 26.2 Å². The molecule has 1 N–H and O–H groups in total. The van der Waals surface area contributed by atoms with E-state index in [2.05, 4.69) is 12.2 Å². The smallest absolute Gasteiger partial charge is 0.293 e. The molecule has 5 heteroatoms. The molecule has 1 aromatic carbocycles. The van der Waals surface area contributed by atoms with Crippen LogP contribution in [0.2, 0.25) is 5.02 Å². The van der Waals surface area contributed by atoms with Gasteiger partial charge in [-0.15, -0.1) is 0 Å². The third-order valence-electron chi connectivity index (χ3n) is 3.21. The number of nitrogens with zero attached hydrogens (tertiary/aromatic N) is 1. The highest BCUT2D eigenvalue weighted by Crippen LogP contribution is 2.32. The summed E-state index contributed by atoms with van der Waals surface area (Å²) in [5.74, 6) is 0.693. The maximum absolute atomic E-state index is 10.9. The van der Waals surface area contributed by atoms with E-state index in [-0.39, 0.29) is 5.69 Å². The zero-order valence-electron chi connectivity index (χ0n) is 9.65. The Kier molecular flexibility index (Phi) is 3.52. The third-order valence-corrected chi connectivity index (χ3v) is 3.45. The Morgan fingerprint density at radius 2 is 2.24 bits per heavy atom. The van der Waals surface area contributed by atoms with E-state index >= 15 is 0 Å². The first-order valence-electron chi connectivity index (χ1n) is 5.76. The maximum atomic E-state index is 10.9. The fourth-order valence-electron chi connectivity index (χ4n) is 2.34. The number of anilines is 1. The molecule has 4 nitrogen and oxygen atoms in total. The van der Waals surface area contributed by atoms with Crippen molar-refractivity contribution in [2.45, 2.75) is 32.2 Å². The molecule has 0 heterocycles. The van der Waals surface area contributed by atoms with Crippen LogP contribution in [0.5, 0.6) is 0 Å². The Morgan fingerprint density at radius 3 is 2.82 bits per heavy atom. The molecule has 0 saturated heterocycles. The molecule has 2 atom stereocenters. The van der Waals surface area contributed by atoms with Crippen molar-refractivity contribution >= 4 is 23.0 Å². The summed E-state index contributed by atoms with van der Waals surface area (Å²) in [4.78, 5) is 10.5. The van der Waals surface area contributed by atoms with E-state index < -0.39 is 4.92 Å². The first kappa shape index (κ1) is 12.2. The highest BCUT2D eigenvalue weighted by molar-refractivity contribution is 6.30. The monoisotopic (exact) mass is 254 g/mol. The van der Waals surface area contributed by atoms with Crippen LogP contribution in [0, 0.1) is 16.0 Å². The van der Waals surface area contributed by atoms with Crippen LogP contribution in [0.4, 0.5) is 11.4 Å². The van der Waals surface area contributed by atoms with Gasteiger partial charge in [-0.25, -0.2) is 0 Å². The quantitative estimate of drug-likeness (QED) is 0.658. The Hall–Kier alpha value is -1.29. The van der Waals surface area contributed by atoms with E-state index in [1.54, 1.807) is 12.1 Å². The minimum atomic E-state index is -0.396. The SMILES string of the molecule is CC1CCC(Nc2ccc(Cl)cc2[N+](=O)[O-])C1. The Balaban J connectivity index is 2.17. The first-order chi connectivity index (χ1) is 8.06. The second-order valence-electron chi connectivity index (χ2n) is 4.68. The molecule has 0 radical (unpaired) electrons. The number of hydrogen-bond acceptors (Lipinski definition) is 3. The van der Waals surface area contributed by atoms with Crippen molar-refractivity contribution in [3.63, 3.8) is 0 Å². The Bertz CT molecular complexity index is 437. The summed E-state index contributed by atoms with van der Waals surface area (Å²) in [6, 6.07) is 5.09. The summed E-state index contributed by atoms with van der Waals surface area (Å²) in [5.41, 5.74) is 0.621. The van der Waals surface area contributed by atoms with Crippen LogP contribution in [-0.2, 0) is 0 Å². The second kappa shape index (κ2) is 4.92. The van der Waals surface area contributed by atoms with Gasteiger partial charge in [0.2, 0.25) is 0 Å². The van der Waals surface area contributed by atoms with Gasteiger partial charge in [-0.1, -0.05) is 18.5 Å². The summed E-state index contributed by atoms with van der Waals surface area (Å²) in [6.07, 6.45) is 3.32. The molecule has 0 aliphatic heterocycles. The minimum Gasteiger partial charge on any atom is -0.377 e. The molecule has 1 aromatic rings. The largest absolute Gasteiger partial charge is 0.377 e. The Morgan fingerprint density at radius 1 is 1.47 bits per heavy atom. The highest BCUT2D eigenvalue weighted by Gasteiger charge is 2.23. The molecule has 2 unspecified atom stereocenters. The fourth-order valence-corrected chi connectivity index (χ4v) is 2.50. The molecule has 17 heavy (non-hydrogen) atoms. The van der Waals surface area contributed by atoms with Crippen molar-refractivity contribution in [3.8, 4) is 0 Å². The van der Waals surface area contributed by atoms with E-state index in [9.17, 15) is 10.1 Å². The summed E-state index contributed by atoms with van der Waals surface area (Å²) in [6.45, 7) is 2.21. The van der Waals surface area contributed by atoms with Gasteiger partial charge in [0.05, 0.1) is 4.92 Å². The van der Waals surface area contributed by atoms with Crippen molar-refractivity contribution in [2.75, 3.05) is 5.32 Å². The van der Waals surface area contributed by atoms with Crippen LogP contribution >= 0.6 is 11.6 Å². The normalized spacial score (nSPS) is 23.6. The van der Waals surface area contributed by atoms with Gasteiger partial charge in [0.1, 0.15) is 5.69 Å². The van der Waals surface area contributed by atoms with E-state index in [4.69, 9.17) is 11.6 Å². The number of benzene rings is 1. The van der Waals surface area contributed by atoms with Gasteiger partial charge < -0.3 is 5.32 Å². The standard InChI is InChI=1S/C12H15ClN2O2/c1-8-2-4-10(6-8)14-11-5-3-9(13)7-12(11)15(16)17/h3,5,7-8,10,14H,2,4,6H2,1H3. The number of halogens is 1. The van der Waals surface area contributed by atoms with E-state index in [1.165, 1.54) is 12.5 Å². The van der Waals surface area contributed by atoms with E-state index in [0.717, 1.165) is 12.8 Å². The van der Waals surface area contributed by atoms with Gasteiger partial charge in [-0.05, 0) is 37.3 Å². The number of nitrogens with one attached hydrogen (secondary N) is 1. The van der Waals surface area contributed by atoms with Crippen molar-refractivity contribution in [2.24, 2.45) is 5.92 Å². The van der Waals surface area contributed by atoms with Gasteiger partial charge in [-0.2, -0.15) is 0 Å². The molecule has 0 aromatic heterocycles. The van der Waals surface area contributed by atoms with Crippen molar-refractivity contribution < 1.29 is 4.92 Å². The van der Waals surface area contributed by atoms with Crippen LogP contribution in [0.25, 0.3) is 0 Å². The van der Waals surface area contributed by atoms with Gasteiger partial charge in [-0.3, -0.25) is 10.1 Å². The average molecular weight is 255 g/mol. The first-order valence-corrected chi connectivity index (χ1v) is 6.14. The summed E-state index contributed by atoms with van der Waals surface area (Å²) in [7, 11) is 0. The van der Waals surface area contributed by atoms with Crippen molar-refractivity contribution in [1.29, 1.82) is 0 Å². The predicted molar refractivity (Wildman–Crippen MR) is 68.5 cm³/mol. The molecule has 1 fully saturated rings. The highest BCUT2D eigenvalue weighted by atomic mass is 35.5. The van der Waals surface area contributed by atoms with Crippen LogP contribution in [-0.4, -0.2) is 11.0 Å². The molecule has 1 aliphatic rings. The van der Waals surface area contributed by atoms with Crippen LogP contribution < -0.4 is 5.32 Å². The molecular formula is C12H15ClN2O2. The maximum Gasteiger partial charge on any atom is 0.293 e. The third kappa shape index (κ3) is 2.88. The number of hydrogen-bond donors (Lipinski definition) is 1. The zero-order chi connectivity index (χ0) is 12.4. The molecular weight excluding hydrogens is 240 g/mol. The predicted octanol–water partition coefficient (Wildman–Crippen LogP) is 3.85. The molecule has 1 saturated carbocycles. The molecule has 0 bridgehead atoms. The summed E-state index contributed by atoms with van der Waals surface area (Å²) in [5, 5.41) is 14.6.